The van der Waals surface area contributed by atoms with E-state index in [0.717, 1.165) is 6.07 Å². The number of hydrogen-bond donors (Lipinski definition) is 1. The fraction of sp³-hybridized carbons (Fsp3) is 0.571. The van der Waals surface area contributed by atoms with Crippen molar-refractivity contribution in [1.82, 2.24) is 15.1 Å². The van der Waals surface area contributed by atoms with Crippen LogP contribution in [0.2, 0.25) is 0 Å². The first kappa shape index (κ1) is 22.1. The summed E-state index contributed by atoms with van der Waals surface area (Å²) in [6.45, 7) is 4.73. The third-order valence-electron chi connectivity index (χ3n) is 5.74. The van der Waals surface area contributed by atoms with Gasteiger partial charge in [0.05, 0.1) is 17.0 Å². The van der Waals surface area contributed by atoms with Gasteiger partial charge in [-0.3, -0.25) is 14.4 Å². The Balaban J connectivity index is 1.55. The van der Waals surface area contributed by atoms with E-state index in [1.54, 1.807) is 4.90 Å². The fourth-order valence-electron chi connectivity index (χ4n) is 4.04. The smallest absolute Gasteiger partial charge is 0.353 e. The van der Waals surface area contributed by atoms with E-state index in [1.807, 2.05) is 13.8 Å². The Kier molecular flexibility index (Phi) is 6.38. The number of benzene rings is 1. The van der Waals surface area contributed by atoms with Crippen molar-refractivity contribution in [2.45, 2.75) is 51.4 Å². The summed E-state index contributed by atoms with van der Waals surface area (Å²) in [6.07, 6.45) is -3.49. The van der Waals surface area contributed by atoms with Crippen LogP contribution in [0.5, 0.6) is 0 Å². The molecular weight excluding hydrogens is 399 g/mol. The van der Waals surface area contributed by atoms with Gasteiger partial charge in [0.2, 0.25) is 11.8 Å². The van der Waals surface area contributed by atoms with Crippen LogP contribution < -0.4 is 5.32 Å². The first-order valence-corrected chi connectivity index (χ1v) is 10.1. The fourth-order valence-corrected chi connectivity index (χ4v) is 4.04. The molecule has 2 fully saturated rings. The quantitative estimate of drug-likeness (QED) is 0.807. The standard InChI is InChI=1S/C21H26F3N3O3/c1-13(2)27-12-14(11-18(27)28)19(29)25-15-7-9-26(10-8-15)20(30)16-5-3-4-6-17(16)21(22,23)24/h3-6,13-15H,7-12H2,1-2H3,(H,25,29). The summed E-state index contributed by atoms with van der Waals surface area (Å²) in [5.41, 5.74) is -1.29. The molecule has 1 aromatic rings. The lowest BCUT2D eigenvalue weighted by atomic mass is 10.0. The SMILES string of the molecule is CC(C)N1CC(C(=O)NC2CCN(C(=O)c3ccccc3C(F)(F)F)CC2)CC1=O. The van der Waals surface area contributed by atoms with Crippen LogP contribution in [0, 0.1) is 5.92 Å². The van der Waals surface area contributed by atoms with Crippen molar-refractivity contribution in [3.63, 3.8) is 0 Å². The van der Waals surface area contributed by atoms with Gasteiger partial charge in [0.15, 0.2) is 0 Å². The minimum Gasteiger partial charge on any atom is -0.353 e. The van der Waals surface area contributed by atoms with Crippen LogP contribution in [0.25, 0.3) is 0 Å². The van der Waals surface area contributed by atoms with Crippen molar-refractivity contribution in [2.24, 2.45) is 5.92 Å². The molecule has 9 heteroatoms. The molecule has 2 heterocycles. The lowest BCUT2D eigenvalue weighted by molar-refractivity contribution is -0.138. The van der Waals surface area contributed by atoms with E-state index in [9.17, 15) is 27.6 Å². The number of carbonyl (C=O) groups excluding carboxylic acids is 3. The molecule has 0 saturated carbocycles. The second kappa shape index (κ2) is 8.65. The molecule has 0 bridgehead atoms. The summed E-state index contributed by atoms with van der Waals surface area (Å²) < 4.78 is 39.6. The van der Waals surface area contributed by atoms with Crippen molar-refractivity contribution in [2.75, 3.05) is 19.6 Å². The molecule has 1 N–H and O–H groups in total. The number of nitrogens with zero attached hydrogens (tertiary/aromatic N) is 2. The maximum absolute atomic E-state index is 13.2. The normalized spacial score (nSPS) is 20.7. The molecule has 6 nitrogen and oxygen atoms in total. The largest absolute Gasteiger partial charge is 0.417 e. The number of rotatable bonds is 4. The number of nitrogens with one attached hydrogen (secondary N) is 1. The number of halogens is 3. The van der Waals surface area contributed by atoms with E-state index in [4.69, 9.17) is 0 Å². The zero-order valence-electron chi connectivity index (χ0n) is 17.0. The van der Waals surface area contributed by atoms with Crippen molar-refractivity contribution in [3.05, 3.63) is 35.4 Å². The average Bonchev–Trinajstić information content (AvgIpc) is 3.09. The van der Waals surface area contributed by atoms with Crippen molar-refractivity contribution < 1.29 is 27.6 Å². The molecule has 1 aromatic carbocycles. The van der Waals surface area contributed by atoms with Gasteiger partial charge in [-0.1, -0.05) is 12.1 Å². The number of amides is 3. The number of carbonyl (C=O) groups is 3. The van der Waals surface area contributed by atoms with E-state index < -0.39 is 23.6 Å². The summed E-state index contributed by atoms with van der Waals surface area (Å²) in [7, 11) is 0. The van der Waals surface area contributed by atoms with Gasteiger partial charge in [0, 0.05) is 38.1 Å². The highest BCUT2D eigenvalue weighted by molar-refractivity contribution is 5.96. The minimum absolute atomic E-state index is 0.0334. The van der Waals surface area contributed by atoms with Crippen LogP contribution in [-0.4, -0.2) is 59.2 Å². The van der Waals surface area contributed by atoms with Crippen LogP contribution >= 0.6 is 0 Å². The number of hydrogen-bond acceptors (Lipinski definition) is 3. The Labute approximate surface area is 173 Å². The molecule has 0 aromatic heterocycles. The summed E-state index contributed by atoms with van der Waals surface area (Å²) >= 11 is 0. The maximum atomic E-state index is 13.2. The van der Waals surface area contributed by atoms with E-state index >= 15 is 0 Å². The van der Waals surface area contributed by atoms with E-state index in [-0.39, 0.29) is 49.0 Å². The number of piperidine rings is 1. The third kappa shape index (κ3) is 4.76. The highest BCUT2D eigenvalue weighted by Gasteiger charge is 2.38. The molecule has 3 amide bonds. The Morgan fingerprint density at radius 3 is 2.33 bits per heavy atom. The van der Waals surface area contributed by atoms with E-state index in [0.29, 0.717) is 19.4 Å². The topological polar surface area (TPSA) is 69.7 Å². The molecule has 2 aliphatic heterocycles. The van der Waals surface area contributed by atoms with Crippen molar-refractivity contribution in [3.8, 4) is 0 Å². The molecule has 2 aliphatic rings. The predicted molar refractivity (Wildman–Crippen MR) is 103 cm³/mol. The summed E-state index contributed by atoms with van der Waals surface area (Å²) in [5.74, 6) is -1.26. The lowest BCUT2D eigenvalue weighted by Crippen LogP contribution is -2.48. The second-order valence-electron chi connectivity index (χ2n) is 8.16. The average molecular weight is 425 g/mol. The molecule has 1 unspecified atom stereocenters. The zero-order chi connectivity index (χ0) is 22.1. The van der Waals surface area contributed by atoms with Gasteiger partial charge >= 0.3 is 6.18 Å². The van der Waals surface area contributed by atoms with Gasteiger partial charge in [-0.15, -0.1) is 0 Å². The van der Waals surface area contributed by atoms with Gasteiger partial charge in [-0.05, 0) is 38.8 Å². The zero-order valence-corrected chi connectivity index (χ0v) is 17.0. The number of likely N-dealkylation sites (tertiary alicyclic amines) is 2. The van der Waals surface area contributed by atoms with Crippen molar-refractivity contribution >= 4 is 17.7 Å². The molecule has 3 rings (SSSR count). The van der Waals surface area contributed by atoms with Crippen LogP contribution in [0.15, 0.2) is 24.3 Å². The van der Waals surface area contributed by atoms with Gasteiger partial charge in [0.1, 0.15) is 0 Å². The molecule has 30 heavy (non-hydrogen) atoms. The summed E-state index contributed by atoms with van der Waals surface area (Å²) in [6, 6.07) is 4.65. The Morgan fingerprint density at radius 2 is 1.77 bits per heavy atom. The van der Waals surface area contributed by atoms with Crippen LogP contribution in [0.3, 0.4) is 0 Å². The summed E-state index contributed by atoms with van der Waals surface area (Å²) in [4.78, 5) is 40.2. The predicted octanol–water partition coefficient (Wildman–Crippen LogP) is 2.68. The Hall–Kier alpha value is -2.58. The van der Waals surface area contributed by atoms with Crippen LogP contribution in [0.4, 0.5) is 13.2 Å². The molecule has 2 saturated heterocycles. The molecule has 0 radical (unpaired) electrons. The van der Waals surface area contributed by atoms with E-state index in [2.05, 4.69) is 5.32 Å². The lowest BCUT2D eigenvalue weighted by Gasteiger charge is -2.33. The first-order valence-electron chi connectivity index (χ1n) is 10.1. The van der Waals surface area contributed by atoms with Gasteiger partial charge in [-0.25, -0.2) is 0 Å². The van der Waals surface area contributed by atoms with Crippen LogP contribution in [-0.2, 0) is 15.8 Å². The Morgan fingerprint density at radius 1 is 1.13 bits per heavy atom. The highest BCUT2D eigenvalue weighted by Crippen LogP contribution is 2.32. The Bertz CT molecular complexity index is 817. The molecule has 0 aliphatic carbocycles. The minimum atomic E-state index is -4.60. The molecule has 1 atom stereocenters. The molecule has 0 spiro atoms. The number of alkyl halides is 3. The van der Waals surface area contributed by atoms with Gasteiger partial charge in [0.25, 0.3) is 5.91 Å². The molecular formula is C21H26F3N3O3. The van der Waals surface area contributed by atoms with Gasteiger partial charge in [-0.2, -0.15) is 13.2 Å². The van der Waals surface area contributed by atoms with Crippen molar-refractivity contribution in [1.29, 1.82) is 0 Å². The summed E-state index contributed by atoms with van der Waals surface area (Å²) in [5, 5.41) is 2.94. The third-order valence-corrected chi connectivity index (χ3v) is 5.74. The monoisotopic (exact) mass is 425 g/mol. The maximum Gasteiger partial charge on any atom is 0.417 e. The van der Waals surface area contributed by atoms with Gasteiger partial charge < -0.3 is 15.1 Å². The molecule has 164 valence electrons. The second-order valence-corrected chi connectivity index (χ2v) is 8.16. The van der Waals surface area contributed by atoms with E-state index in [1.165, 1.54) is 23.1 Å². The highest BCUT2D eigenvalue weighted by atomic mass is 19.4. The first-order chi connectivity index (χ1) is 14.1. The van der Waals surface area contributed by atoms with Crippen LogP contribution in [0.1, 0.15) is 49.0 Å².